The fraction of sp³-hybridized carbons (Fsp3) is 0.135. The summed E-state index contributed by atoms with van der Waals surface area (Å²) in [4.78, 5) is 10.1. The first-order valence-electron chi connectivity index (χ1n) is 13.8. The van der Waals surface area contributed by atoms with Crippen molar-refractivity contribution in [1.82, 2.24) is 9.97 Å². The van der Waals surface area contributed by atoms with E-state index < -0.39 is 0 Å². The Kier molecular flexibility index (Phi) is 4.73. The first kappa shape index (κ1) is 22.4. The maximum atomic E-state index is 5.20. The number of nitrogens with zero attached hydrogens (tertiary/aromatic N) is 2. The number of aryl methyl sites for hydroxylation is 1. The zero-order valence-corrected chi connectivity index (χ0v) is 22.2. The number of para-hydroxylation sites is 1. The Labute approximate surface area is 229 Å². The van der Waals surface area contributed by atoms with Crippen molar-refractivity contribution >= 4 is 10.9 Å². The minimum absolute atomic E-state index is 0.0103. The van der Waals surface area contributed by atoms with E-state index >= 15 is 0 Å². The normalized spacial score (nSPS) is 14.4. The van der Waals surface area contributed by atoms with Crippen LogP contribution in [-0.2, 0) is 18.3 Å². The van der Waals surface area contributed by atoms with E-state index in [-0.39, 0.29) is 5.41 Å². The molecule has 1 heterocycles. The highest BCUT2D eigenvalue weighted by molar-refractivity contribution is 5.96. The molecule has 5 aromatic carbocycles. The molecule has 0 amide bonds. The molecule has 39 heavy (non-hydrogen) atoms. The summed E-state index contributed by atoms with van der Waals surface area (Å²) in [6, 6.07) is 39.4. The van der Waals surface area contributed by atoms with Crippen LogP contribution in [0.1, 0.15) is 36.1 Å². The maximum Gasteiger partial charge on any atom is 0.160 e. The second kappa shape index (κ2) is 8.22. The smallest absolute Gasteiger partial charge is 0.160 e. The minimum Gasteiger partial charge on any atom is -0.228 e. The molecule has 2 heteroatoms. The molecule has 6 aromatic rings. The Balaban J connectivity index is 1.34. The van der Waals surface area contributed by atoms with Crippen LogP contribution in [0.15, 0.2) is 109 Å². The van der Waals surface area contributed by atoms with Gasteiger partial charge in [-0.1, -0.05) is 111 Å². The summed E-state index contributed by atoms with van der Waals surface area (Å²) in [6.45, 7) is 4.73. The van der Waals surface area contributed by atoms with Crippen LogP contribution in [0, 0.1) is 0 Å². The Hall–Kier alpha value is -4.56. The predicted octanol–water partition coefficient (Wildman–Crippen LogP) is 9.04. The molecule has 0 aliphatic heterocycles. The number of hydrogen-bond donors (Lipinski definition) is 0. The molecule has 2 nitrogen and oxygen atoms in total. The van der Waals surface area contributed by atoms with Gasteiger partial charge in [0.2, 0.25) is 0 Å². The third kappa shape index (κ3) is 3.28. The van der Waals surface area contributed by atoms with Crippen molar-refractivity contribution in [3.63, 3.8) is 0 Å². The van der Waals surface area contributed by atoms with E-state index in [1.165, 1.54) is 50.1 Å². The van der Waals surface area contributed by atoms with Gasteiger partial charge in [-0.2, -0.15) is 0 Å². The van der Waals surface area contributed by atoms with E-state index in [1.807, 2.05) is 18.2 Å². The number of aromatic nitrogens is 2. The molecule has 2 aliphatic carbocycles. The van der Waals surface area contributed by atoms with Crippen molar-refractivity contribution < 1.29 is 0 Å². The van der Waals surface area contributed by atoms with Crippen molar-refractivity contribution in [2.45, 2.75) is 32.1 Å². The third-order valence-corrected chi connectivity index (χ3v) is 8.81. The van der Waals surface area contributed by atoms with Crippen LogP contribution in [0.3, 0.4) is 0 Å². The summed E-state index contributed by atoms with van der Waals surface area (Å²) in [6.07, 6.45) is 2.03. The summed E-state index contributed by atoms with van der Waals surface area (Å²) < 4.78 is 0. The number of hydrogen-bond acceptors (Lipinski definition) is 2. The molecular weight excluding hydrogens is 472 g/mol. The Morgan fingerprint density at radius 1 is 0.564 bits per heavy atom. The molecule has 0 saturated carbocycles. The fourth-order valence-corrected chi connectivity index (χ4v) is 6.84. The van der Waals surface area contributed by atoms with E-state index in [4.69, 9.17) is 9.97 Å². The highest BCUT2D eigenvalue weighted by Crippen LogP contribution is 2.52. The Morgan fingerprint density at radius 3 is 2.21 bits per heavy atom. The SMILES string of the molecule is CC1(C)c2ccccc2-c2cc3c(cc21)-c1cccc(-c2nc(-c4ccccc4)nc4ccccc24)c1CC3. The lowest BCUT2D eigenvalue weighted by atomic mass is 9.77. The first-order chi connectivity index (χ1) is 19.1. The quantitative estimate of drug-likeness (QED) is 0.237. The van der Waals surface area contributed by atoms with Gasteiger partial charge in [0, 0.05) is 21.9 Å². The summed E-state index contributed by atoms with van der Waals surface area (Å²) in [5.74, 6) is 0.774. The molecule has 0 radical (unpaired) electrons. The van der Waals surface area contributed by atoms with Crippen molar-refractivity contribution in [2.24, 2.45) is 0 Å². The van der Waals surface area contributed by atoms with E-state index in [0.29, 0.717) is 0 Å². The van der Waals surface area contributed by atoms with E-state index in [2.05, 4.69) is 105 Å². The molecule has 0 fully saturated rings. The van der Waals surface area contributed by atoms with Gasteiger partial charge in [-0.15, -0.1) is 0 Å². The molecule has 0 atom stereocenters. The van der Waals surface area contributed by atoms with Gasteiger partial charge in [-0.25, -0.2) is 9.97 Å². The molecule has 2 aliphatic rings. The van der Waals surface area contributed by atoms with Crippen LogP contribution in [-0.4, -0.2) is 9.97 Å². The highest BCUT2D eigenvalue weighted by Gasteiger charge is 2.36. The highest BCUT2D eigenvalue weighted by atomic mass is 14.9. The minimum atomic E-state index is -0.0103. The summed E-state index contributed by atoms with van der Waals surface area (Å²) in [5.41, 5.74) is 15.5. The molecule has 186 valence electrons. The van der Waals surface area contributed by atoms with Crippen molar-refractivity contribution in [3.8, 4) is 44.9 Å². The molecule has 1 aromatic heterocycles. The van der Waals surface area contributed by atoms with Crippen LogP contribution in [0.4, 0.5) is 0 Å². The van der Waals surface area contributed by atoms with Crippen LogP contribution < -0.4 is 0 Å². The summed E-state index contributed by atoms with van der Waals surface area (Å²) in [5, 5.41) is 1.10. The maximum absolute atomic E-state index is 5.20. The molecule has 8 rings (SSSR count). The summed E-state index contributed by atoms with van der Waals surface area (Å²) >= 11 is 0. The van der Waals surface area contributed by atoms with Crippen LogP contribution >= 0.6 is 0 Å². The lowest BCUT2D eigenvalue weighted by molar-refractivity contribution is 0.660. The average molecular weight is 501 g/mol. The lowest BCUT2D eigenvalue weighted by Gasteiger charge is -2.27. The molecule has 0 unspecified atom stereocenters. The number of rotatable bonds is 2. The van der Waals surface area contributed by atoms with Gasteiger partial charge in [0.05, 0.1) is 11.2 Å². The van der Waals surface area contributed by atoms with Crippen molar-refractivity contribution in [2.75, 3.05) is 0 Å². The van der Waals surface area contributed by atoms with Crippen molar-refractivity contribution in [3.05, 3.63) is 131 Å². The van der Waals surface area contributed by atoms with Crippen molar-refractivity contribution in [1.29, 1.82) is 0 Å². The molecule has 0 saturated heterocycles. The number of benzene rings is 5. The zero-order valence-electron chi connectivity index (χ0n) is 22.2. The fourth-order valence-electron chi connectivity index (χ4n) is 6.84. The van der Waals surface area contributed by atoms with E-state index in [1.54, 1.807) is 0 Å². The Morgan fingerprint density at radius 2 is 1.31 bits per heavy atom. The monoisotopic (exact) mass is 500 g/mol. The zero-order chi connectivity index (χ0) is 26.1. The molecule has 0 N–H and O–H groups in total. The third-order valence-electron chi connectivity index (χ3n) is 8.81. The van der Waals surface area contributed by atoms with Crippen LogP contribution in [0.5, 0.6) is 0 Å². The second-order valence-electron chi connectivity index (χ2n) is 11.3. The van der Waals surface area contributed by atoms with Gasteiger partial charge in [-0.3, -0.25) is 0 Å². The second-order valence-corrected chi connectivity index (χ2v) is 11.3. The van der Waals surface area contributed by atoms with Gasteiger partial charge < -0.3 is 0 Å². The van der Waals surface area contributed by atoms with E-state index in [9.17, 15) is 0 Å². The molecular formula is C37H28N2. The van der Waals surface area contributed by atoms with Gasteiger partial charge in [0.1, 0.15) is 0 Å². The van der Waals surface area contributed by atoms with Gasteiger partial charge in [-0.05, 0) is 69.5 Å². The predicted molar refractivity (Wildman–Crippen MR) is 161 cm³/mol. The van der Waals surface area contributed by atoms with E-state index in [0.717, 1.165) is 40.8 Å². The molecule has 0 bridgehead atoms. The average Bonchev–Trinajstić information content (AvgIpc) is 3.21. The Bertz CT molecular complexity index is 1930. The molecule has 0 spiro atoms. The van der Waals surface area contributed by atoms with Gasteiger partial charge in [0.15, 0.2) is 5.82 Å². The first-order valence-corrected chi connectivity index (χ1v) is 13.8. The van der Waals surface area contributed by atoms with Crippen LogP contribution in [0.25, 0.3) is 55.8 Å². The largest absolute Gasteiger partial charge is 0.228 e. The van der Waals surface area contributed by atoms with Crippen LogP contribution in [0.2, 0.25) is 0 Å². The number of fused-ring (bicyclic) bond motifs is 7. The van der Waals surface area contributed by atoms with Gasteiger partial charge >= 0.3 is 0 Å². The summed E-state index contributed by atoms with van der Waals surface area (Å²) in [7, 11) is 0. The topological polar surface area (TPSA) is 25.8 Å². The standard InChI is InChI=1S/C37H28N2/c1-37(2)32-17-8-6-13-27(32)31-21-24-19-20-26-25(30(24)22-33(31)37)15-10-16-28(26)35-29-14-7-9-18-34(29)38-36(39-35)23-11-4-3-5-12-23/h3-18,21-22H,19-20H2,1-2H3. The lowest BCUT2D eigenvalue weighted by Crippen LogP contribution is -2.16. The van der Waals surface area contributed by atoms with Gasteiger partial charge in [0.25, 0.3) is 0 Å².